The molecule has 3 saturated carbocycles. The molecule has 144 valence electrons. The Bertz CT molecular complexity index is 1190. The fourth-order valence-electron chi connectivity index (χ4n) is 4.70. The number of nitrogens with zero attached hydrogens (tertiary/aromatic N) is 4. The van der Waals surface area contributed by atoms with Crippen LogP contribution in [-0.2, 0) is 5.54 Å². The summed E-state index contributed by atoms with van der Waals surface area (Å²) in [5.41, 5.74) is 2.04. The van der Waals surface area contributed by atoms with Gasteiger partial charge in [0.1, 0.15) is 11.4 Å². The molecule has 2 aromatic carbocycles. The van der Waals surface area contributed by atoms with E-state index < -0.39 is 0 Å². The van der Waals surface area contributed by atoms with Gasteiger partial charge in [0.2, 0.25) is 0 Å². The highest BCUT2D eigenvalue weighted by atomic mass is 16.5. The molecule has 0 radical (unpaired) electrons. The van der Waals surface area contributed by atoms with E-state index in [2.05, 4.69) is 40.0 Å². The monoisotopic (exact) mass is 382 g/mol. The van der Waals surface area contributed by atoms with E-state index in [4.69, 9.17) is 14.8 Å². The van der Waals surface area contributed by atoms with Crippen LogP contribution >= 0.6 is 0 Å². The van der Waals surface area contributed by atoms with Crippen LogP contribution in [0.15, 0.2) is 60.8 Å². The zero-order chi connectivity index (χ0) is 19.4. The quantitative estimate of drug-likeness (QED) is 0.484. The fraction of sp³-hybridized carbons (Fsp3) is 0.292. The van der Waals surface area contributed by atoms with Crippen LogP contribution in [0.1, 0.15) is 26.2 Å². The Balaban J connectivity index is 1.45. The van der Waals surface area contributed by atoms with Gasteiger partial charge in [-0.15, -0.1) is 5.10 Å². The van der Waals surface area contributed by atoms with E-state index in [-0.39, 0.29) is 5.54 Å². The highest BCUT2D eigenvalue weighted by Crippen LogP contribution is 2.62. The molecule has 4 aromatic rings. The highest BCUT2D eigenvalue weighted by molar-refractivity contribution is 5.84. The predicted octanol–water partition coefficient (Wildman–Crippen LogP) is 5.07. The molecule has 2 heterocycles. The van der Waals surface area contributed by atoms with Crippen molar-refractivity contribution in [3.8, 4) is 28.7 Å². The predicted molar refractivity (Wildman–Crippen MR) is 113 cm³/mol. The van der Waals surface area contributed by atoms with E-state index >= 15 is 0 Å². The van der Waals surface area contributed by atoms with Gasteiger partial charge in [-0.2, -0.15) is 0 Å². The number of fused-ring (bicyclic) bond motifs is 1. The number of aromatic nitrogens is 4. The molecule has 29 heavy (non-hydrogen) atoms. The molecule has 7 rings (SSSR count). The lowest BCUT2D eigenvalue weighted by Gasteiger charge is -2.61. The second-order valence-electron chi connectivity index (χ2n) is 8.25. The third-order valence-electron chi connectivity index (χ3n) is 6.35. The van der Waals surface area contributed by atoms with Crippen LogP contribution in [0, 0.1) is 5.92 Å². The molecule has 0 aliphatic heterocycles. The lowest BCUT2D eigenvalue weighted by molar-refractivity contribution is -0.0965. The number of benzene rings is 2. The van der Waals surface area contributed by atoms with Crippen LogP contribution in [0.5, 0.6) is 5.75 Å². The van der Waals surface area contributed by atoms with Crippen molar-refractivity contribution in [1.82, 2.24) is 19.7 Å². The maximum absolute atomic E-state index is 5.60. The van der Waals surface area contributed by atoms with E-state index in [0.717, 1.165) is 39.5 Å². The maximum Gasteiger partial charge on any atom is 0.200 e. The van der Waals surface area contributed by atoms with E-state index in [9.17, 15) is 0 Å². The molecule has 2 aromatic heterocycles. The summed E-state index contributed by atoms with van der Waals surface area (Å²) in [6, 6.07) is 18.5. The molecule has 3 fully saturated rings. The lowest BCUT2D eigenvalue weighted by Crippen LogP contribution is -2.59. The van der Waals surface area contributed by atoms with Gasteiger partial charge in [0, 0.05) is 17.1 Å². The topological polar surface area (TPSA) is 52.8 Å². The first-order chi connectivity index (χ1) is 14.2. The first kappa shape index (κ1) is 16.7. The third-order valence-corrected chi connectivity index (χ3v) is 6.35. The van der Waals surface area contributed by atoms with Gasteiger partial charge < -0.3 is 4.74 Å². The Morgan fingerprint density at radius 1 is 1.03 bits per heavy atom. The second-order valence-corrected chi connectivity index (χ2v) is 8.25. The van der Waals surface area contributed by atoms with Crippen LogP contribution in [-0.4, -0.2) is 26.4 Å². The number of ether oxygens (including phenoxy) is 1. The molecule has 0 unspecified atom stereocenters. The maximum atomic E-state index is 5.60. The van der Waals surface area contributed by atoms with Crippen molar-refractivity contribution in [2.45, 2.75) is 31.7 Å². The Kier molecular flexibility index (Phi) is 3.54. The second kappa shape index (κ2) is 6.14. The molecule has 2 bridgehead atoms. The molecular weight excluding hydrogens is 360 g/mol. The van der Waals surface area contributed by atoms with Crippen molar-refractivity contribution < 1.29 is 4.74 Å². The van der Waals surface area contributed by atoms with Gasteiger partial charge in [-0.25, -0.2) is 9.67 Å². The molecule has 0 N–H and O–H groups in total. The average Bonchev–Trinajstić information content (AvgIpc) is 3.11. The largest absolute Gasteiger partial charge is 0.494 e. The summed E-state index contributed by atoms with van der Waals surface area (Å²) >= 11 is 0. The summed E-state index contributed by atoms with van der Waals surface area (Å²) in [7, 11) is 0. The minimum Gasteiger partial charge on any atom is -0.494 e. The molecule has 0 atom stereocenters. The van der Waals surface area contributed by atoms with Crippen LogP contribution in [0.2, 0.25) is 0 Å². The smallest absolute Gasteiger partial charge is 0.200 e. The van der Waals surface area contributed by atoms with Gasteiger partial charge in [0.25, 0.3) is 0 Å². The average molecular weight is 382 g/mol. The van der Waals surface area contributed by atoms with Crippen LogP contribution in [0.4, 0.5) is 0 Å². The van der Waals surface area contributed by atoms with Gasteiger partial charge in [-0.3, -0.25) is 4.98 Å². The Morgan fingerprint density at radius 2 is 1.79 bits per heavy atom. The van der Waals surface area contributed by atoms with Crippen molar-refractivity contribution in [2.75, 3.05) is 6.61 Å². The Morgan fingerprint density at radius 3 is 2.48 bits per heavy atom. The first-order valence-electron chi connectivity index (χ1n) is 10.3. The van der Waals surface area contributed by atoms with E-state index in [1.54, 1.807) is 0 Å². The van der Waals surface area contributed by atoms with Gasteiger partial charge in [-0.1, -0.05) is 24.3 Å². The molecule has 0 amide bonds. The zero-order valence-corrected chi connectivity index (χ0v) is 16.4. The fourth-order valence-corrected chi connectivity index (χ4v) is 4.70. The number of hydrogen-bond donors (Lipinski definition) is 0. The van der Waals surface area contributed by atoms with Crippen LogP contribution < -0.4 is 4.74 Å². The van der Waals surface area contributed by atoms with Gasteiger partial charge >= 0.3 is 0 Å². The SMILES string of the molecule is CCOc1ccc(-c2nc(-c3cc4ccccc4cn3)nn2C23CC(C2)C3)cc1. The summed E-state index contributed by atoms with van der Waals surface area (Å²) in [6.07, 6.45) is 5.55. The van der Waals surface area contributed by atoms with Crippen molar-refractivity contribution >= 4 is 10.8 Å². The summed E-state index contributed by atoms with van der Waals surface area (Å²) in [5.74, 6) is 3.37. The number of hydrogen-bond acceptors (Lipinski definition) is 4. The van der Waals surface area contributed by atoms with E-state index in [0.29, 0.717) is 12.4 Å². The van der Waals surface area contributed by atoms with Crippen LogP contribution in [0.3, 0.4) is 0 Å². The van der Waals surface area contributed by atoms with Crippen molar-refractivity contribution in [3.05, 3.63) is 60.8 Å². The van der Waals surface area contributed by atoms with Gasteiger partial charge in [0.05, 0.1) is 12.1 Å². The molecule has 3 aliphatic rings. The van der Waals surface area contributed by atoms with Gasteiger partial charge in [0.15, 0.2) is 11.6 Å². The van der Waals surface area contributed by atoms with E-state index in [1.807, 2.05) is 37.4 Å². The Labute approximate surface area is 169 Å². The summed E-state index contributed by atoms with van der Waals surface area (Å²) in [5, 5.41) is 7.25. The lowest BCUT2D eigenvalue weighted by atomic mass is 9.50. The molecule has 5 heteroatoms. The van der Waals surface area contributed by atoms with Crippen molar-refractivity contribution in [1.29, 1.82) is 0 Å². The third kappa shape index (κ3) is 2.57. The summed E-state index contributed by atoms with van der Waals surface area (Å²) in [6.45, 7) is 2.66. The van der Waals surface area contributed by atoms with Crippen LogP contribution in [0.25, 0.3) is 33.7 Å². The minimum atomic E-state index is 0.153. The van der Waals surface area contributed by atoms with Gasteiger partial charge in [-0.05, 0) is 67.8 Å². The summed E-state index contributed by atoms with van der Waals surface area (Å²) < 4.78 is 7.77. The molecule has 0 saturated heterocycles. The molecule has 0 spiro atoms. The highest BCUT2D eigenvalue weighted by Gasteiger charge is 2.59. The molecule has 3 aliphatic carbocycles. The van der Waals surface area contributed by atoms with E-state index in [1.165, 1.54) is 19.3 Å². The zero-order valence-electron chi connectivity index (χ0n) is 16.4. The van der Waals surface area contributed by atoms with Crippen molar-refractivity contribution in [2.24, 2.45) is 5.92 Å². The molecular formula is C24H22N4O. The number of pyridine rings is 1. The Hall–Kier alpha value is -3.21. The number of rotatable bonds is 5. The van der Waals surface area contributed by atoms with Crippen molar-refractivity contribution in [3.63, 3.8) is 0 Å². The first-order valence-corrected chi connectivity index (χ1v) is 10.3. The normalized spacial score (nSPS) is 22.2. The summed E-state index contributed by atoms with van der Waals surface area (Å²) in [4.78, 5) is 9.60. The molecule has 5 nitrogen and oxygen atoms in total. The minimum absolute atomic E-state index is 0.153. The standard InChI is InChI=1S/C24H22N4O/c1-2-29-20-9-7-17(8-10-20)23-26-22(27-28(23)24-12-16(13-24)14-24)21-11-18-5-3-4-6-19(18)15-25-21/h3-11,15-16H,2,12-14H2,1H3.